The lowest BCUT2D eigenvalue weighted by Gasteiger charge is -2.33. The Morgan fingerprint density at radius 3 is 1.00 bits per heavy atom. The highest BCUT2D eigenvalue weighted by atomic mass is 14.5. The summed E-state index contributed by atoms with van der Waals surface area (Å²) in [5, 5.41) is 0. The lowest BCUT2D eigenvalue weighted by molar-refractivity contribution is 0.165. The Balaban J connectivity index is 0. The third-order valence-corrected chi connectivity index (χ3v) is 13.8. The first-order valence-electron chi connectivity index (χ1n) is 21.6. The molecule has 0 nitrogen and oxygen atoms in total. The highest BCUT2D eigenvalue weighted by Crippen LogP contribution is 2.57. The van der Waals surface area contributed by atoms with Crippen molar-refractivity contribution in [2.24, 2.45) is 69.0 Å². The van der Waals surface area contributed by atoms with Crippen LogP contribution in [0.5, 0.6) is 0 Å². The first kappa shape index (κ1) is 51.3. The fraction of sp³-hybridized carbons (Fsp3) is 0.880. The van der Waals surface area contributed by atoms with E-state index in [1.165, 1.54) is 49.7 Å². The summed E-state index contributed by atoms with van der Waals surface area (Å²) in [6.45, 7) is 55.5. The minimum Gasteiger partial charge on any atom is -0.0628 e. The van der Waals surface area contributed by atoms with Gasteiger partial charge in [-0.2, -0.15) is 0 Å². The smallest absolute Gasteiger partial charge is 0.0219 e. The van der Waals surface area contributed by atoms with Crippen molar-refractivity contribution in [1.29, 1.82) is 0 Å². The van der Waals surface area contributed by atoms with Crippen LogP contribution in [-0.4, -0.2) is 0 Å². The SMILES string of the molecule is CC(C)C(C)(C)C(C)C.CC(C)C1(C(C)C)CC1.CC(C)CC(C)(C)C(C)C.CC(C)CC1(C(C)C)CC1.CC(C)c1cccc(C(C)C)c1. The summed E-state index contributed by atoms with van der Waals surface area (Å²) >= 11 is 0. The van der Waals surface area contributed by atoms with Crippen LogP contribution >= 0.6 is 0 Å². The Hall–Kier alpha value is -0.780. The summed E-state index contributed by atoms with van der Waals surface area (Å²) in [5.41, 5.74) is 5.44. The molecule has 1 aromatic carbocycles. The molecular formula is C50H98. The van der Waals surface area contributed by atoms with Crippen LogP contribution in [0.1, 0.15) is 228 Å². The fourth-order valence-corrected chi connectivity index (χ4v) is 7.19. The molecule has 50 heavy (non-hydrogen) atoms. The van der Waals surface area contributed by atoms with E-state index in [1.807, 2.05) is 0 Å². The second-order valence-electron chi connectivity index (χ2n) is 21.5. The van der Waals surface area contributed by atoms with E-state index < -0.39 is 0 Å². The van der Waals surface area contributed by atoms with Crippen LogP contribution < -0.4 is 0 Å². The Bertz CT molecular complexity index is 909. The normalized spacial score (nSPS) is 16.4. The Morgan fingerprint density at radius 1 is 0.500 bits per heavy atom. The average molecular weight is 699 g/mol. The number of benzene rings is 1. The van der Waals surface area contributed by atoms with E-state index in [0.717, 1.165) is 58.2 Å². The Labute approximate surface area is 320 Å². The maximum absolute atomic E-state index is 2.37. The second-order valence-corrected chi connectivity index (χ2v) is 21.5. The Morgan fingerprint density at radius 2 is 0.880 bits per heavy atom. The molecule has 0 heterocycles. The number of rotatable bonds is 12. The van der Waals surface area contributed by atoms with Gasteiger partial charge in [0.15, 0.2) is 0 Å². The molecule has 2 aliphatic rings. The first-order chi connectivity index (χ1) is 22.5. The molecule has 0 N–H and O–H groups in total. The minimum atomic E-state index is 0.500. The van der Waals surface area contributed by atoms with Crippen LogP contribution in [0.2, 0.25) is 0 Å². The topological polar surface area (TPSA) is 0 Å². The van der Waals surface area contributed by atoms with Crippen molar-refractivity contribution in [2.45, 2.75) is 217 Å². The van der Waals surface area contributed by atoms with E-state index in [4.69, 9.17) is 0 Å². The second kappa shape index (κ2) is 22.4. The van der Waals surface area contributed by atoms with Gasteiger partial charge in [0, 0.05) is 0 Å². The third-order valence-electron chi connectivity index (χ3n) is 13.8. The van der Waals surface area contributed by atoms with Crippen molar-refractivity contribution in [3.63, 3.8) is 0 Å². The van der Waals surface area contributed by atoms with Crippen LogP contribution in [0.4, 0.5) is 0 Å². The van der Waals surface area contributed by atoms with Crippen LogP contribution in [0.15, 0.2) is 24.3 Å². The summed E-state index contributed by atoms with van der Waals surface area (Å²) < 4.78 is 0. The molecule has 0 unspecified atom stereocenters. The van der Waals surface area contributed by atoms with Gasteiger partial charge in [0.25, 0.3) is 0 Å². The van der Waals surface area contributed by atoms with Crippen molar-refractivity contribution in [1.82, 2.24) is 0 Å². The number of hydrogen-bond acceptors (Lipinski definition) is 0. The van der Waals surface area contributed by atoms with E-state index in [-0.39, 0.29) is 0 Å². The van der Waals surface area contributed by atoms with Gasteiger partial charge in [-0.15, -0.1) is 0 Å². The zero-order valence-corrected chi connectivity index (χ0v) is 39.3. The molecule has 0 aliphatic heterocycles. The molecule has 2 fully saturated rings. The van der Waals surface area contributed by atoms with E-state index in [9.17, 15) is 0 Å². The molecule has 3 rings (SSSR count). The van der Waals surface area contributed by atoms with Crippen molar-refractivity contribution in [3.05, 3.63) is 35.4 Å². The van der Waals surface area contributed by atoms with Crippen LogP contribution in [0, 0.1) is 69.0 Å². The molecule has 0 aromatic heterocycles. The molecule has 1 aromatic rings. The molecule has 2 aliphatic carbocycles. The van der Waals surface area contributed by atoms with E-state index in [2.05, 4.69) is 190 Å². The van der Waals surface area contributed by atoms with Crippen molar-refractivity contribution < 1.29 is 0 Å². The molecule has 0 heteroatoms. The van der Waals surface area contributed by atoms with Crippen molar-refractivity contribution in [2.75, 3.05) is 0 Å². The molecule has 0 bridgehead atoms. The largest absolute Gasteiger partial charge is 0.0628 e. The Kier molecular flexibility index (Phi) is 23.0. The minimum absolute atomic E-state index is 0.500. The van der Waals surface area contributed by atoms with Gasteiger partial charge in [0.05, 0.1) is 0 Å². The van der Waals surface area contributed by atoms with Gasteiger partial charge in [-0.05, 0) is 130 Å². The van der Waals surface area contributed by atoms with Gasteiger partial charge in [-0.25, -0.2) is 0 Å². The molecule has 0 saturated heterocycles. The van der Waals surface area contributed by atoms with Gasteiger partial charge >= 0.3 is 0 Å². The lowest BCUT2D eigenvalue weighted by atomic mass is 9.72. The predicted octanol–water partition coefficient (Wildman–Crippen LogP) is 17.5. The molecule has 2 saturated carbocycles. The zero-order chi connectivity index (χ0) is 40.0. The fourth-order valence-electron chi connectivity index (χ4n) is 7.19. The van der Waals surface area contributed by atoms with Crippen molar-refractivity contribution in [3.8, 4) is 0 Å². The van der Waals surface area contributed by atoms with Gasteiger partial charge in [0.1, 0.15) is 0 Å². The predicted molar refractivity (Wildman–Crippen MR) is 233 cm³/mol. The standard InChI is InChI=1S/C12H18.C10H20.C10H22.C9H18.C9H20/c1-9(2)11-6-5-7-12(8-11)10(3)4;1-8(2)7-10(5-6-10)9(3)4;1-8(2)7-10(5,6)9(3)4;1-7(2)9(5-6-9)8(3)4;1-7(2)9(5,6)8(3)4/h5-10H,1-4H3;8-9H,5-7H2,1-4H3;8-9H,7H2,1-6H3;7-8H,5-6H2,1-4H3;7-8H,1-6H3. The van der Waals surface area contributed by atoms with Crippen LogP contribution in [0.3, 0.4) is 0 Å². The first-order valence-corrected chi connectivity index (χ1v) is 21.6. The molecule has 0 amide bonds. The van der Waals surface area contributed by atoms with E-state index in [1.54, 1.807) is 0 Å². The molecular weight excluding hydrogens is 601 g/mol. The molecule has 0 radical (unpaired) electrons. The van der Waals surface area contributed by atoms with Gasteiger partial charge in [0.2, 0.25) is 0 Å². The number of hydrogen-bond donors (Lipinski definition) is 0. The maximum atomic E-state index is 2.37. The lowest BCUT2D eigenvalue weighted by Crippen LogP contribution is -2.25. The summed E-state index contributed by atoms with van der Waals surface area (Å²) in [5.74, 6) is 8.10. The third kappa shape index (κ3) is 18.8. The highest BCUT2D eigenvalue weighted by molar-refractivity contribution is 5.27. The molecule has 0 atom stereocenters. The summed E-state index contributed by atoms with van der Waals surface area (Å²) in [6, 6.07) is 8.88. The maximum Gasteiger partial charge on any atom is -0.0219 e. The van der Waals surface area contributed by atoms with E-state index in [0.29, 0.717) is 22.7 Å². The molecule has 298 valence electrons. The summed E-state index contributed by atoms with van der Waals surface area (Å²) in [4.78, 5) is 0. The summed E-state index contributed by atoms with van der Waals surface area (Å²) in [7, 11) is 0. The molecule has 0 spiro atoms. The average Bonchev–Trinajstić information content (AvgIpc) is 3.89. The van der Waals surface area contributed by atoms with Gasteiger partial charge < -0.3 is 0 Å². The van der Waals surface area contributed by atoms with Gasteiger partial charge in [-0.1, -0.05) is 190 Å². The van der Waals surface area contributed by atoms with Crippen LogP contribution in [0.25, 0.3) is 0 Å². The van der Waals surface area contributed by atoms with E-state index >= 15 is 0 Å². The summed E-state index contributed by atoms with van der Waals surface area (Å²) in [6.07, 6.45) is 8.71. The monoisotopic (exact) mass is 699 g/mol. The quantitative estimate of drug-likeness (QED) is 0.204. The highest BCUT2D eigenvalue weighted by Gasteiger charge is 2.47. The van der Waals surface area contributed by atoms with Crippen LogP contribution in [-0.2, 0) is 0 Å². The van der Waals surface area contributed by atoms with Gasteiger partial charge in [-0.3, -0.25) is 0 Å². The van der Waals surface area contributed by atoms with Crippen molar-refractivity contribution >= 4 is 0 Å². The zero-order valence-electron chi connectivity index (χ0n) is 39.3.